The first-order valence-electron chi connectivity index (χ1n) is 5.12. The lowest BCUT2D eigenvalue weighted by molar-refractivity contribution is 0.152. The van der Waals surface area contributed by atoms with Gasteiger partial charge >= 0.3 is 0 Å². The maximum Gasteiger partial charge on any atom is 0.254 e. The highest BCUT2D eigenvalue weighted by Crippen LogP contribution is 2.17. The molecule has 0 amide bonds. The summed E-state index contributed by atoms with van der Waals surface area (Å²) in [6, 6.07) is 0. The zero-order valence-electron chi connectivity index (χ0n) is 8.66. The lowest BCUT2D eigenvalue weighted by atomic mass is 10.1. The molecule has 0 spiro atoms. The normalized spacial score (nSPS) is 21.3. The molecule has 1 N–H and O–H groups in total. The average molecular weight is 211 g/mol. The SMILES string of the molecule is Cc1ncnc(OC2CCCNC2)c1F. The Morgan fingerprint density at radius 1 is 1.53 bits per heavy atom. The second kappa shape index (κ2) is 4.53. The van der Waals surface area contributed by atoms with Gasteiger partial charge in [-0.1, -0.05) is 0 Å². The topological polar surface area (TPSA) is 47.0 Å². The molecule has 1 saturated heterocycles. The van der Waals surface area contributed by atoms with E-state index < -0.39 is 5.82 Å². The molecule has 2 heterocycles. The summed E-state index contributed by atoms with van der Waals surface area (Å²) in [7, 11) is 0. The molecule has 1 atom stereocenters. The number of rotatable bonds is 2. The van der Waals surface area contributed by atoms with Crippen molar-refractivity contribution in [1.82, 2.24) is 15.3 Å². The second-order valence-corrected chi connectivity index (χ2v) is 3.66. The van der Waals surface area contributed by atoms with Crippen molar-refractivity contribution in [2.75, 3.05) is 13.1 Å². The van der Waals surface area contributed by atoms with E-state index in [-0.39, 0.29) is 12.0 Å². The quantitative estimate of drug-likeness (QED) is 0.794. The molecular weight excluding hydrogens is 197 g/mol. The number of hydrogen-bond donors (Lipinski definition) is 1. The van der Waals surface area contributed by atoms with Crippen LogP contribution < -0.4 is 10.1 Å². The molecule has 15 heavy (non-hydrogen) atoms. The van der Waals surface area contributed by atoms with Crippen molar-refractivity contribution in [1.29, 1.82) is 0 Å². The number of aryl methyl sites for hydroxylation is 1. The first kappa shape index (κ1) is 10.3. The molecule has 5 heteroatoms. The lowest BCUT2D eigenvalue weighted by Gasteiger charge is -2.23. The van der Waals surface area contributed by atoms with E-state index in [1.54, 1.807) is 6.92 Å². The standard InChI is InChI=1S/C10H14FN3O/c1-7-9(11)10(14-6-13-7)15-8-3-2-4-12-5-8/h6,8,12H,2-5H2,1H3. The second-order valence-electron chi connectivity index (χ2n) is 3.66. The molecule has 4 nitrogen and oxygen atoms in total. The summed E-state index contributed by atoms with van der Waals surface area (Å²) >= 11 is 0. The number of piperidine rings is 1. The molecule has 0 aliphatic carbocycles. The van der Waals surface area contributed by atoms with E-state index in [4.69, 9.17) is 4.74 Å². The van der Waals surface area contributed by atoms with Gasteiger partial charge in [-0.25, -0.2) is 4.98 Å². The average Bonchev–Trinajstić information content (AvgIpc) is 2.26. The monoisotopic (exact) mass is 211 g/mol. The Balaban J connectivity index is 2.06. The number of nitrogens with zero attached hydrogens (tertiary/aromatic N) is 2. The molecular formula is C10H14FN3O. The van der Waals surface area contributed by atoms with Crippen molar-refractivity contribution in [3.63, 3.8) is 0 Å². The van der Waals surface area contributed by atoms with Gasteiger partial charge in [0.15, 0.2) is 0 Å². The Kier molecular flexibility index (Phi) is 3.11. The number of halogens is 1. The molecule has 0 radical (unpaired) electrons. The highest BCUT2D eigenvalue weighted by atomic mass is 19.1. The van der Waals surface area contributed by atoms with Gasteiger partial charge in [-0.3, -0.25) is 0 Å². The molecule has 1 aromatic rings. The Bertz CT molecular complexity index is 339. The van der Waals surface area contributed by atoms with Crippen LogP contribution in [0.1, 0.15) is 18.5 Å². The third-order valence-corrected chi connectivity index (χ3v) is 2.46. The van der Waals surface area contributed by atoms with Crippen LogP contribution in [0.15, 0.2) is 6.33 Å². The number of nitrogens with one attached hydrogen (secondary N) is 1. The Hall–Kier alpha value is -1.23. The van der Waals surface area contributed by atoms with Crippen LogP contribution in [0.25, 0.3) is 0 Å². The zero-order valence-corrected chi connectivity index (χ0v) is 8.66. The molecule has 0 bridgehead atoms. The van der Waals surface area contributed by atoms with Crippen molar-refractivity contribution in [2.24, 2.45) is 0 Å². The summed E-state index contributed by atoms with van der Waals surface area (Å²) < 4.78 is 19.0. The van der Waals surface area contributed by atoms with Gasteiger partial charge in [-0.15, -0.1) is 0 Å². The number of ether oxygens (including phenoxy) is 1. The molecule has 0 saturated carbocycles. The molecule has 1 fully saturated rings. The Morgan fingerprint density at radius 3 is 3.13 bits per heavy atom. The van der Waals surface area contributed by atoms with Gasteiger partial charge < -0.3 is 10.1 Å². The maximum atomic E-state index is 13.5. The molecule has 1 aromatic heterocycles. The van der Waals surface area contributed by atoms with Crippen molar-refractivity contribution in [2.45, 2.75) is 25.9 Å². The number of hydrogen-bond acceptors (Lipinski definition) is 4. The minimum atomic E-state index is -0.455. The maximum absolute atomic E-state index is 13.5. The van der Waals surface area contributed by atoms with E-state index in [2.05, 4.69) is 15.3 Å². The van der Waals surface area contributed by atoms with Crippen molar-refractivity contribution in [3.05, 3.63) is 17.8 Å². The summed E-state index contributed by atoms with van der Waals surface area (Å²) in [5.74, 6) is -0.390. The third kappa shape index (κ3) is 2.41. The van der Waals surface area contributed by atoms with Crippen LogP contribution in [0.3, 0.4) is 0 Å². The van der Waals surface area contributed by atoms with E-state index in [1.165, 1.54) is 6.33 Å². The Morgan fingerprint density at radius 2 is 2.40 bits per heavy atom. The van der Waals surface area contributed by atoms with E-state index in [0.717, 1.165) is 25.9 Å². The van der Waals surface area contributed by atoms with E-state index in [0.29, 0.717) is 5.69 Å². The third-order valence-electron chi connectivity index (χ3n) is 2.46. The first-order valence-corrected chi connectivity index (χ1v) is 5.12. The minimum Gasteiger partial charge on any atom is -0.471 e. The molecule has 0 aromatic carbocycles. The summed E-state index contributed by atoms with van der Waals surface area (Å²) in [6.07, 6.45) is 3.33. The van der Waals surface area contributed by atoms with E-state index in [9.17, 15) is 4.39 Å². The molecule has 1 aliphatic rings. The lowest BCUT2D eigenvalue weighted by Crippen LogP contribution is -2.37. The van der Waals surface area contributed by atoms with Crippen LogP contribution in [-0.2, 0) is 0 Å². The first-order chi connectivity index (χ1) is 7.27. The fourth-order valence-corrected chi connectivity index (χ4v) is 1.60. The predicted molar refractivity (Wildman–Crippen MR) is 53.2 cm³/mol. The van der Waals surface area contributed by atoms with Crippen LogP contribution in [0.4, 0.5) is 4.39 Å². The van der Waals surface area contributed by atoms with Gasteiger partial charge in [-0.2, -0.15) is 9.37 Å². The van der Waals surface area contributed by atoms with E-state index in [1.807, 2.05) is 0 Å². The summed E-state index contributed by atoms with van der Waals surface area (Å²) in [5.41, 5.74) is 0.323. The van der Waals surface area contributed by atoms with Crippen molar-refractivity contribution >= 4 is 0 Å². The van der Waals surface area contributed by atoms with E-state index >= 15 is 0 Å². The largest absolute Gasteiger partial charge is 0.471 e. The highest BCUT2D eigenvalue weighted by Gasteiger charge is 2.18. The van der Waals surface area contributed by atoms with Crippen molar-refractivity contribution < 1.29 is 9.13 Å². The number of aromatic nitrogens is 2. The van der Waals surface area contributed by atoms with Crippen LogP contribution in [-0.4, -0.2) is 29.2 Å². The van der Waals surface area contributed by atoms with Crippen LogP contribution >= 0.6 is 0 Å². The highest BCUT2D eigenvalue weighted by molar-refractivity contribution is 5.16. The minimum absolute atomic E-state index is 0.0163. The molecule has 82 valence electrons. The van der Waals surface area contributed by atoms with Crippen LogP contribution in [0.2, 0.25) is 0 Å². The summed E-state index contributed by atoms with van der Waals surface area (Å²) in [6.45, 7) is 3.36. The predicted octanol–water partition coefficient (Wildman–Crippen LogP) is 1.05. The Labute approximate surface area is 87.9 Å². The van der Waals surface area contributed by atoms with Gasteiger partial charge in [0.25, 0.3) is 5.88 Å². The fourth-order valence-electron chi connectivity index (χ4n) is 1.60. The van der Waals surface area contributed by atoms with Crippen LogP contribution in [0.5, 0.6) is 5.88 Å². The van der Waals surface area contributed by atoms with Gasteiger partial charge in [-0.05, 0) is 26.3 Å². The summed E-state index contributed by atoms with van der Waals surface area (Å²) in [4.78, 5) is 7.55. The smallest absolute Gasteiger partial charge is 0.254 e. The zero-order chi connectivity index (χ0) is 10.7. The van der Waals surface area contributed by atoms with Crippen LogP contribution in [0, 0.1) is 12.7 Å². The molecule has 1 aliphatic heterocycles. The van der Waals surface area contributed by atoms with Crippen molar-refractivity contribution in [3.8, 4) is 5.88 Å². The molecule has 1 unspecified atom stereocenters. The van der Waals surface area contributed by atoms with Gasteiger partial charge in [0.1, 0.15) is 12.4 Å². The summed E-state index contributed by atoms with van der Waals surface area (Å²) in [5, 5.41) is 3.20. The van der Waals surface area contributed by atoms with Gasteiger partial charge in [0, 0.05) is 6.54 Å². The van der Waals surface area contributed by atoms with Gasteiger partial charge in [0.2, 0.25) is 5.82 Å². The molecule has 2 rings (SSSR count). The van der Waals surface area contributed by atoms with Gasteiger partial charge in [0.05, 0.1) is 5.69 Å². The fraction of sp³-hybridized carbons (Fsp3) is 0.600.